The van der Waals surface area contributed by atoms with Crippen LogP contribution in [-0.2, 0) is 6.42 Å². The Hall–Kier alpha value is -1.90. The normalized spacial score (nSPS) is 12.4. The summed E-state index contributed by atoms with van der Waals surface area (Å²) in [5.41, 5.74) is 2.95. The van der Waals surface area contributed by atoms with Crippen molar-refractivity contribution in [3.05, 3.63) is 53.1 Å². The molecule has 0 radical (unpaired) electrons. The van der Waals surface area contributed by atoms with Crippen molar-refractivity contribution >= 4 is 5.78 Å². The Morgan fingerprint density at radius 3 is 2.79 bits per heavy atom. The number of imidazole rings is 1. The molecule has 1 heterocycles. The number of benzene rings is 1. The number of rotatable bonds is 4. The molecule has 0 fully saturated rings. The molecule has 1 unspecified atom stereocenters. The minimum Gasteiger partial charge on any atom is -0.324 e. The van der Waals surface area contributed by atoms with Crippen molar-refractivity contribution in [2.24, 2.45) is 0 Å². The summed E-state index contributed by atoms with van der Waals surface area (Å²) in [6.07, 6.45) is 4.47. The number of carbonyl (C=O) groups is 1. The average Bonchev–Trinajstić information content (AvgIpc) is 2.88. The van der Waals surface area contributed by atoms with E-state index in [2.05, 4.69) is 4.98 Å². The van der Waals surface area contributed by atoms with Crippen LogP contribution in [0.4, 0.5) is 0 Å². The smallest absolute Gasteiger partial charge is 0.185 e. The second-order valence-corrected chi connectivity index (χ2v) is 4.96. The second-order valence-electron chi connectivity index (χ2n) is 4.96. The Bertz CT molecular complexity index is 599. The zero-order valence-corrected chi connectivity index (χ0v) is 12.0. The van der Waals surface area contributed by atoms with Gasteiger partial charge in [0, 0.05) is 24.4 Å². The van der Waals surface area contributed by atoms with Crippen molar-refractivity contribution in [1.82, 2.24) is 9.55 Å². The van der Waals surface area contributed by atoms with E-state index in [1.54, 1.807) is 6.20 Å². The van der Waals surface area contributed by atoms with E-state index >= 15 is 0 Å². The van der Waals surface area contributed by atoms with Crippen molar-refractivity contribution < 1.29 is 4.79 Å². The van der Waals surface area contributed by atoms with Crippen LogP contribution in [-0.4, -0.2) is 15.3 Å². The quantitative estimate of drug-likeness (QED) is 0.785. The lowest BCUT2D eigenvalue weighted by Gasteiger charge is -2.16. The number of hydrogen-bond donors (Lipinski definition) is 0. The van der Waals surface area contributed by atoms with Crippen molar-refractivity contribution in [1.29, 1.82) is 0 Å². The molecule has 0 spiro atoms. The maximum atomic E-state index is 12.6. The van der Waals surface area contributed by atoms with Gasteiger partial charge in [-0.1, -0.05) is 24.6 Å². The van der Waals surface area contributed by atoms with Gasteiger partial charge in [-0.15, -0.1) is 0 Å². The van der Waals surface area contributed by atoms with E-state index in [1.165, 1.54) is 0 Å². The Kier molecular flexibility index (Phi) is 3.84. The van der Waals surface area contributed by atoms with E-state index < -0.39 is 0 Å². The number of nitrogens with zero attached hydrogens (tertiary/aromatic N) is 2. The summed E-state index contributed by atoms with van der Waals surface area (Å²) in [5, 5.41) is 0. The first kappa shape index (κ1) is 13.5. The van der Waals surface area contributed by atoms with Gasteiger partial charge in [0.1, 0.15) is 5.82 Å². The van der Waals surface area contributed by atoms with E-state index in [0.29, 0.717) is 0 Å². The van der Waals surface area contributed by atoms with Crippen LogP contribution in [0.1, 0.15) is 47.2 Å². The van der Waals surface area contributed by atoms with Gasteiger partial charge >= 0.3 is 0 Å². The predicted octanol–water partition coefficient (Wildman–Crippen LogP) is 3.51. The number of hydrogen-bond acceptors (Lipinski definition) is 2. The summed E-state index contributed by atoms with van der Waals surface area (Å²) in [4.78, 5) is 16.9. The fourth-order valence-electron chi connectivity index (χ4n) is 2.32. The maximum Gasteiger partial charge on any atom is 0.185 e. The fourth-order valence-corrected chi connectivity index (χ4v) is 2.32. The first-order valence-corrected chi connectivity index (χ1v) is 6.67. The molecular weight excluding hydrogens is 236 g/mol. The fraction of sp³-hybridized carbons (Fsp3) is 0.375. The van der Waals surface area contributed by atoms with Crippen LogP contribution in [0.3, 0.4) is 0 Å². The largest absolute Gasteiger partial charge is 0.324 e. The van der Waals surface area contributed by atoms with E-state index in [1.807, 2.05) is 56.7 Å². The third-order valence-electron chi connectivity index (χ3n) is 3.52. The highest BCUT2D eigenvalue weighted by Gasteiger charge is 2.20. The van der Waals surface area contributed by atoms with Gasteiger partial charge in [-0.25, -0.2) is 4.98 Å². The topological polar surface area (TPSA) is 34.9 Å². The molecule has 0 bridgehead atoms. The predicted molar refractivity (Wildman–Crippen MR) is 76.6 cm³/mol. The zero-order chi connectivity index (χ0) is 14.0. The molecule has 1 aromatic heterocycles. The minimum atomic E-state index is -0.210. The van der Waals surface area contributed by atoms with Gasteiger partial charge < -0.3 is 4.57 Å². The lowest BCUT2D eigenvalue weighted by atomic mass is 9.98. The first-order chi connectivity index (χ1) is 9.04. The highest BCUT2D eigenvalue weighted by atomic mass is 16.1. The Morgan fingerprint density at radius 1 is 1.37 bits per heavy atom. The molecular formula is C16H20N2O. The molecule has 0 aliphatic carbocycles. The summed E-state index contributed by atoms with van der Waals surface area (Å²) in [6, 6.07) is 5.80. The number of aromatic nitrogens is 2. The summed E-state index contributed by atoms with van der Waals surface area (Å²) in [5.74, 6) is 1.10. The Morgan fingerprint density at radius 2 is 2.11 bits per heavy atom. The van der Waals surface area contributed by atoms with Crippen molar-refractivity contribution in [3.63, 3.8) is 0 Å². The Balaban J connectivity index is 2.36. The van der Waals surface area contributed by atoms with Gasteiger partial charge in [-0.2, -0.15) is 0 Å². The summed E-state index contributed by atoms with van der Waals surface area (Å²) < 4.78 is 1.96. The van der Waals surface area contributed by atoms with Crippen molar-refractivity contribution in [2.75, 3.05) is 0 Å². The van der Waals surface area contributed by atoms with E-state index in [4.69, 9.17) is 0 Å². The van der Waals surface area contributed by atoms with Gasteiger partial charge in [-0.3, -0.25) is 4.79 Å². The number of ketones is 1. The molecule has 0 saturated heterocycles. The maximum absolute atomic E-state index is 12.6. The summed E-state index contributed by atoms with van der Waals surface area (Å²) in [7, 11) is 0. The average molecular weight is 256 g/mol. The molecule has 3 heteroatoms. The second kappa shape index (κ2) is 5.39. The van der Waals surface area contributed by atoms with E-state index in [-0.39, 0.29) is 11.8 Å². The van der Waals surface area contributed by atoms with E-state index in [0.717, 1.165) is 28.9 Å². The monoisotopic (exact) mass is 256 g/mol. The van der Waals surface area contributed by atoms with Crippen LogP contribution < -0.4 is 0 Å². The van der Waals surface area contributed by atoms with Crippen LogP contribution in [0.5, 0.6) is 0 Å². The molecule has 2 rings (SSSR count). The number of Topliss-reactive ketones (excluding diaryl/α,β-unsaturated/α-hetero) is 1. The van der Waals surface area contributed by atoms with Crippen LogP contribution in [0.2, 0.25) is 0 Å². The SMILES string of the molecule is CCc1nccn1C(C)C(=O)c1cc(C)ccc1C. The summed E-state index contributed by atoms with van der Waals surface area (Å²) >= 11 is 0. The number of carbonyl (C=O) groups excluding carboxylic acids is 1. The molecule has 3 nitrogen and oxygen atoms in total. The zero-order valence-electron chi connectivity index (χ0n) is 12.0. The van der Waals surface area contributed by atoms with Crippen LogP contribution in [0.15, 0.2) is 30.6 Å². The lowest BCUT2D eigenvalue weighted by Crippen LogP contribution is -2.19. The molecule has 0 amide bonds. The van der Waals surface area contributed by atoms with Gasteiger partial charge in [0.25, 0.3) is 0 Å². The lowest BCUT2D eigenvalue weighted by molar-refractivity contribution is 0.0932. The third kappa shape index (κ3) is 2.60. The standard InChI is InChI=1S/C16H20N2O/c1-5-15-17-8-9-18(15)13(4)16(19)14-10-11(2)6-7-12(14)3/h6-10,13H,5H2,1-4H3. The molecule has 0 N–H and O–H groups in total. The number of aryl methyl sites for hydroxylation is 3. The van der Waals surface area contributed by atoms with Crippen molar-refractivity contribution in [3.8, 4) is 0 Å². The van der Waals surface area contributed by atoms with Gasteiger partial charge in [0.15, 0.2) is 5.78 Å². The molecule has 19 heavy (non-hydrogen) atoms. The van der Waals surface area contributed by atoms with Crippen molar-refractivity contribution in [2.45, 2.75) is 40.2 Å². The van der Waals surface area contributed by atoms with Crippen LogP contribution in [0.25, 0.3) is 0 Å². The highest BCUT2D eigenvalue weighted by molar-refractivity contribution is 6.00. The van der Waals surface area contributed by atoms with Crippen LogP contribution in [0, 0.1) is 13.8 Å². The van der Waals surface area contributed by atoms with Gasteiger partial charge in [0.05, 0.1) is 6.04 Å². The Labute approximate surface area is 114 Å². The molecule has 2 aromatic rings. The van der Waals surface area contributed by atoms with Crippen LogP contribution >= 0.6 is 0 Å². The molecule has 1 atom stereocenters. The molecule has 0 saturated carbocycles. The van der Waals surface area contributed by atoms with E-state index in [9.17, 15) is 4.79 Å². The molecule has 0 aliphatic rings. The third-order valence-corrected chi connectivity index (χ3v) is 3.52. The molecule has 1 aromatic carbocycles. The molecule has 0 aliphatic heterocycles. The highest BCUT2D eigenvalue weighted by Crippen LogP contribution is 2.20. The summed E-state index contributed by atoms with van der Waals surface area (Å²) in [6.45, 7) is 7.97. The molecule has 100 valence electrons. The first-order valence-electron chi connectivity index (χ1n) is 6.67. The van der Waals surface area contributed by atoms with Gasteiger partial charge in [0.2, 0.25) is 0 Å². The van der Waals surface area contributed by atoms with Gasteiger partial charge in [-0.05, 0) is 32.4 Å². The minimum absolute atomic E-state index is 0.147.